The lowest BCUT2D eigenvalue weighted by molar-refractivity contribution is 0.139. The number of carbonyl (C=O) groups excluding carboxylic acids is 1. The van der Waals surface area contributed by atoms with Gasteiger partial charge >= 0.3 is 6.09 Å². The van der Waals surface area contributed by atoms with Gasteiger partial charge in [0.25, 0.3) is 0 Å². The molecule has 0 fully saturated rings. The number of hydrogen-bond donors (Lipinski definition) is 1. The third kappa shape index (κ3) is 3.95. The molecule has 0 aliphatic heterocycles. The van der Waals surface area contributed by atoms with E-state index >= 15 is 0 Å². The third-order valence-corrected chi connectivity index (χ3v) is 3.47. The molecule has 0 aliphatic carbocycles. The van der Waals surface area contributed by atoms with E-state index in [1.54, 1.807) is 47.8 Å². The van der Waals surface area contributed by atoms with E-state index in [4.69, 9.17) is 4.74 Å². The van der Waals surface area contributed by atoms with Crippen LogP contribution in [0.1, 0.15) is 11.1 Å². The summed E-state index contributed by atoms with van der Waals surface area (Å²) < 4.78 is 6.93. The summed E-state index contributed by atoms with van der Waals surface area (Å²) in [6.07, 6.45) is 8.05. The molecule has 0 saturated carbocycles. The summed E-state index contributed by atoms with van der Waals surface area (Å²) in [7, 11) is 1.87. The fourth-order valence-corrected chi connectivity index (χ4v) is 2.23. The maximum Gasteiger partial charge on any atom is 0.407 e. The lowest BCUT2D eigenvalue weighted by Gasteiger charge is -2.08. The van der Waals surface area contributed by atoms with Crippen LogP contribution in [-0.2, 0) is 24.9 Å². The van der Waals surface area contributed by atoms with E-state index in [-0.39, 0.29) is 6.61 Å². The van der Waals surface area contributed by atoms with E-state index in [0.717, 1.165) is 22.4 Å². The lowest BCUT2D eigenvalue weighted by atomic mass is 10.1. The summed E-state index contributed by atoms with van der Waals surface area (Å²) in [5.41, 5.74) is 3.68. The molecule has 0 atom stereocenters. The van der Waals surface area contributed by atoms with Gasteiger partial charge in [-0.1, -0.05) is 0 Å². The molecular formula is C17H17N5O2. The molecule has 3 rings (SSSR count). The maximum absolute atomic E-state index is 11.8. The second kappa shape index (κ2) is 7.36. The topological polar surface area (TPSA) is 81.9 Å². The standard InChI is InChI=1S/C17H17N5O2/c1-22-16(4-7-21-22)15-8-14(9-19-11-15)10-20-17(23)24-12-13-2-5-18-6-3-13/h2-9,11H,10,12H2,1H3,(H,20,23). The highest BCUT2D eigenvalue weighted by atomic mass is 16.5. The first kappa shape index (κ1) is 15.7. The summed E-state index contributed by atoms with van der Waals surface area (Å²) in [6.45, 7) is 0.551. The number of amides is 1. The van der Waals surface area contributed by atoms with Crippen LogP contribution < -0.4 is 5.32 Å². The van der Waals surface area contributed by atoms with Crippen molar-refractivity contribution in [1.29, 1.82) is 0 Å². The Morgan fingerprint density at radius 1 is 1.12 bits per heavy atom. The number of pyridine rings is 2. The average molecular weight is 323 g/mol. The molecule has 122 valence electrons. The zero-order valence-corrected chi connectivity index (χ0v) is 13.2. The molecule has 1 N–H and O–H groups in total. The minimum Gasteiger partial charge on any atom is -0.445 e. The predicted molar refractivity (Wildman–Crippen MR) is 87.7 cm³/mol. The van der Waals surface area contributed by atoms with Crippen molar-refractivity contribution in [2.45, 2.75) is 13.2 Å². The lowest BCUT2D eigenvalue weighted by Crippen LogP contribution is -2.23. The van der Waals surface area contributed by atoms with Crippen LogP contribution in [0, 0.1) is 0 Å². The van der Waals surface area contributed by atoms with Crippen molar-refractivity contribution in [2.75, 3.05) is 0 Å². The molecule has 0 saturated heterocycles. The van der Waals surface area contributed by atoms with E-state index in [0.29, 0.717) is 6.54 Å². The summed E-state index contributed by atoms with van der Waals surface area (Å²) in [5.74, 6) is 0. The van der Waals surface area contributed by atoms with Gasteiger partial charge < -0.3 is 10.1 Å². The Labute approximate surface area is 139 Å². The van der Waals surface area contributed by atoms with Crippen LogP contribution in [0.15, 0.2) is 55.2 Å². The summed E-state index contributed by atoms with van der Waals surface area (Å²) >= 11 is 0. The molecule has 3 heterocycles. The van der Waals surface area contributed by atoms with Gasteiger partial charge in [0.15, 0.2) is 0 Å². The van der Waals surface area contributed by atoms with E-state index in [2.05, 4.69) is 20.4 Å². The van der Waals surface area contributed by atoms with Crippen LogP contribution >= 0.6 is 0 Å². The minimum atomic E-state index is -0.474. The van der Waals surface area contributed by atoms with E-state index in [1.807, 2.05) is 19.2 Å². The summed E-state index contributed by atoms with van der Waals surface area (Å²) in [6, 6.07) is 7.48. The SMILES string of the molecule is Cn1nccc1-c1cncc(CNC(=O)OCc2ccncc2)c1. The van der Waals surface area contributed by atoms with Crippen LogP contribution in [0.25, 0.3) is 11.3 Å². The van der Waals surface area contributed by atoms with Crippen molar-refractivity contribution < 1.29 is 9.53 Å². The molecule has 0 aromatic carbocycles. The first-order valence-electron chi connectivity index (χ1n) is 7.44. The quantitative estimate of drug-likeness (QED) is 0.779. The average Bonchev–Trinajstić information content (AvgIpc) is 3.05. The number of aryl methyl sites for hydroxylation is 1. The fourth-order valence-electron chi connectivity index (χ4n) is 2.23. The monoisotopic (exact) mass is 323 g/mol. The van der Waals surface area contributed by atoms with Crippen molar-refractivity contribution in [1.82, 2.24) is 25.1 Å². The molecule has 3 aromatic heterocycles. The highest BCUT2D eigenvalue weighted by molar-refractivity contribution is 5.67. The van der Waals surface area contributed by atoms with Gasteiger partial charge in [-0.25, -0.2) is 4.79 Å². The van der Waals surface area contributed by atoms with Gasteiger partial charge in [-0.15, -0.1) is 0 Å². The van der Waals surface area contributed by atoms with Crippen LogP contribution in [0.5, 0.6) is 0 Å². The summed E-state index contributed by atoms with van der Waals surface area (Å²) in [5, 5.41) is 6.86. The van der Waals surface area contributed by atoms with Crippen LogP contribution in [0.2, 0.25) is 0 Å². The number of nitrogens with one attached hydrogen (secondary N) is 1. The number of aromatic nitrogens is 4. The fraction of sp³-hybridized carbons (Fsp3) is 0.176. The van der Waals surface area contributed by atoms with Gasteiger partial charge in [-0.3, -0.25) is 14.6 Å². The van der Waals surface area contributed by atoms with Crippen LogP contribution in [0.4, 0.5) is 4.79 Å². The highest BCUT2D eigenvalue weighted by Crippen LogP contribution is 2.18. The van der Waals surface area contributed by atoms with Gasteiger partial charge in [-0.2, -0.15) is 5.10 Å². The number of nitrogens with zero attached hydrogens (tertiary/aromatic N) is 4. The summed E-state index contributed by atoms with van der Waals surface area (Å²) in [4.78, 5) is 19.9. The highest BCUT2D eigenvalue weighted by Gasteiger charge is 2.06. The molecule has 0 aliphatic rings. The van der Waals surface area contributed by atoms with Gasteiger partial charge in [0.05, 0.1) is 5.69 Å². The Kier molecular flexibility index (Phi) is 4.81. The van der Waals surface area contributed by atoms with Crippen molar-refractivity contribution >= 4 is 6.09 Å². The van der Waals surface area contributed by atoms with Gasteiger partial charge in [-0.05, 0) is 35.4 Å². The van der Waals surface area contributed by atoms with E-state index in [9.17, 15) is 4.79 Å². The van der Waals surface area contributed by atoms with Crippen molar-refractivity contribution in [3.63, 3.8) is 0 Å². The van der Waals surface area contributed by atoms with Crippen molar-refractivity contribution in [2.24, 2.45) is 7.05 Å². The van der Waals surface area contributed by atoms with E-state index < -0.39 is 6.09 Å². The Morgan fingerprint density at radius 2 is 1.96 bits per heavy atom. The normalized spacial score (nSPS) is 10.4. The Bertz CT molecular complexity index is 817. The smallest absolute Gasteiger partial charge is 0.407 e. The van der Waals surface area contributed by atoms with Gasteiger partial charge in [0, 0.05) is 50.1 Å². The zero-order chi connectivity index (χ0) is 16.8. The minimum absolute atomic E-state index is 0.210. The Balaban J connectivity index is 1.55. The molecule has 0 spiro atoms. The first-order valence-corrected chi connectivity index (χ1v) is 7.44. The maximum atomic E-state index is 11.8. The number of carbonyl (C=O) groups is 1. The van der Waals surface area contributed by atoms with Crippen molar-refractivity contribution in [3.8, 4) is 11.3 Å². The number of alkyl carbamates (subject to hydrolysis) is 1. The zero-order valence-electron chi connectivity index (χ0n) is 13.2. The second-order valence-corrected chi connectivity index (χ2v) is 5.21. The van der Waals surface area contributed by atoms with Crippen LogP contribution in [0.3, 0.4) is 0 Å². The Hall–Kier alpha value is -3.22. The molecule has 3 aromatic rings. The largest absolute Gasteiger partial charge is 0.445 e. The number of rotatable bonds is 5. The molecular weight excluding hydrogens is 306 g/mol. The molecule has 0 radical (unpaired) electrons. The molecule has 0 unspecified atom stereocenters. The first-order chi connectivity index (χ1) is 11.7. The Morgan fingerprint density at radius 3 is 2.71 bits per heavy atom. The predicted octanol–water partition coefficient (Wildman–Crippen LogP) is 2.30. The molecule has 7 nitrogen and oxygen atoms in total. The van der Waals surface area contributed by atoms with Crippen molar-refractivity contribution in [3.05, 3.63) is 66.4 Å². The number of ether oxygens (including phenoxy) is 1. The van der Waals surface area contributed by atoms with Gasteiger partial charge in [0.1, 0.15) is 6.61 Å². The number of hydrogen-bond acceptors (Lipinski definition) is 5. The second-order valence-electron chi connectivity index (χ2n) is 5.21. The van der Waals surface area contributed by atoms with Gasteiger partial charge in [0.2, 0.25) is 0 Å². The van der Waals surface area contributed by atoms with Crippen LogP contribution in [-0.4, -0.2) is 25.8 Å². The molecule has 1 amide bonds. The molecule has 7 heteroatoms. The molecule has 0 bridgehead atoms. The third-order valence-electron chi connectivity index (χ3n) is 3.47. The van der Waals surface area contributed by atoms with E-state index in [1.165, 1.54) is 0 Å². The molecule has 24 heavy (non-hydrogen) atoms.